The topological polar surface area (TPSA) is 165 Å². The highest BCUT2D eigenvalue weighted by Crippen LogP contribution is 2.64. The molecule has 0 spiro atoms. The fourth-order valence-electron chi connectivity index (χ4n) is 10.3. The molecule has 2 bridgehead atoms. The van der Waals surface area contributed by atoms with E-state index in [1.807, 2.05) is 6.07 Å². The minimum Gasteiger partial charge on any atom is -0.481 e. The molecule has 11 atom stereocenters. The second-order valence-corrected chi connectivity index (χ2v) is 15.1. The maximum absolute atomic E-state index is 14.0. The number of ketones is 1. The molecule has 0 aromatic carbocycles. The Morgan fingerprint density at radius 1 is 1.11 bits per heavy atom. The van der Waals surface area contributed by atoms with Crippen molar-refractivity contribution in [3.05, 3.63) is 35.3 Å². The normalized spacial score (nSPS) is 36.9. The number of fused-ring (bicyclic) bond motifs is 3. The van der Waals surface area contributed by atoms with Gasteiger partial charge in [0, 0.05) is 23.3 Å². The van der Waals surface area contributed by atoms with Crippen LogP contribution < -0.4 is 5.32 Å². The van der Waals surface area contributed by atoms with Crippen molar-refractivity contribution in [1.29, 1.82) is 0 Å². The molecule has 5 aliphatic rings. The van der Waals surface area contributed by atoms with Crippen LogP contribution in [0.4, 0.5) is 4.79 Å². The van der Waals surface area contributed by atoms with Crippen molar-refractivity contribution in [3.8, 4) is 0 Å². The number of hydrogen-bond acceptors (Lipinski definition) is 9. The molecule has 47 heavy (non-hydrogen) atoms. The van der Waals surface area contributed by atoms with Gasteiger partial charge in [-0.1, -0.05) is 26.3 Å². The van der Waals surface area contributed by atoms with Crippen molar-refractivity contribution >= 4 is 17.9 Å². The van der Waals surface area contributed by atoms with Gasteiger partial charge in [-0.3, -0.25) is 9.59 Å². The van der Waals surface area contributed by atoms with Gasteiger partial charge in [0.1, 0.15) is 24.2 Å². The van der Waals surface area contributed by atoms with Crippen molar-refractivity contribution < 1.29 is 48.3 Å². The molecule has 0 amide bonds. The number of carbonyl (C=O) groups excluding carboxylic acids is 1. The number of hydrogen-bond donors (Lipinski definition) is 4. The standard InChI is InChI=1S/C36H51NO10/c1-4-21(37-14-22-6-7-23(15-38)46-22)16-45-33-26-17-44-18-36(13-30(33)47-35(42)43)27(26)10-9-24-25-8-5-20(11-19(2)3)31(34(40)41)32(25)29(39)12-28(24)36/h6-7,12,19-21,24-27,30-33,37-38H,4-5,8-11,13-18H2,1-3H3,(H,40,41)(H,42,43)/t20?,21?,24?,25?,26?,27?,30-,31-,32?,33-,36-/m1/s1. The van der Waals surface area contributed by atoms with Crippen molar-refractivity contribution in [1.82, 2.24) is 5.32 Å². The van der Waals surface area contributed by atoms with Gasteiger partial charge in [0.25, 0.3) is 0 Å². The Balaban J connectivity index is 1.23. The lowest BCUT2D eigenvalue weighted by atomic mass is 9.45. The summed E-state index contributed by atoms with van der Waals surface area (Å²) >= 11 is 0. The molecular weight excluding hydrogens is 606 g/mol. The lowest BCUT2D eigenvalue weighted by Crippen LogP contribution is -2.64. The number of aliphatic carboxylic acids is 1. The second kappa shape index (κ2) is 14.0. The Bertz CT molecular complexity index is 1340. The summed E-state index contributed by atoms with van der Waals surface area (Å²) < 4.78 is 24.1. The van der Waals surface area contributed by atoms with E-state index in [-0.39, 0.29) is 48.0 Å². The highest BCUT2D eigenvalue weighted by molar-refractivity contribution is 5.97. The van der Waals surface area contributed by atoms with E-state index in [1.165, 1.54) is 0 Å². The van der Waals surface area contributed by atoms with Crippen LogP contribution in [-0.2, 0) is 37.0 Å². The molecule has 4 fully saturated rings. The zero-order chi connectivity index (χ0) is 33.5. The highest BCUT2D eigenvalue weighted by atomic mass is 16.7. The van der Waals surface area contributed by atoms with Gasteiger partial charge in [-0.05, 0) is 92.7 Å². The fraction of sp³-hybridized carbons (Fsp3) is 0.750. The first-order valence-corrected chi connectivity index (χ1v) is 17.6. The summed E-state index contributed by atoms with van der Waals surface area (Å²) in [5.74, 6) is -0.525. The number of carboxylic acids is 1. The summed E-state index contributed by atoms with van der Waals surface area (Å²) in [5, 5.41) is 32.9. The Labute approximate surface area is 276 Å². The predicted octanol–water partition coefficient (Wildman–Crippen LogP) is 5.05. The first kappa shape index (κ1) is 34.1. The van der Waals surface area contributed by atoms with Gasteiger partial charge in [-0.2, -0.15) is 0 Å². The van der Waals surface area contributed by atoms with Gasteiger partial charge in [-0.25, -0.2) is 4.79 Å². The van der Waals surface area contributed by atoms with Crippen LogP contribution in [0.5, 0.6) is 0 Å². The van der Waals surface area contributed by atoms with Gasteiger partial charge in [-0.15, -0.1) is 0 Å². The molecule has 3 saturated carbocycles. The monoisotopic (exact) mass is 657 g/mol. The molecule has 1 aliphatic heterocycles. The van der Waals surface area contributed by atoms with Crippen LogP contribution in [0.1, 0.15) is 77.2 Å². The number of nitrogens with one attached hydrogen (secondary N) is 1. The number of rotatable bonds is 12. The fourth-order valence-corrected chi connectivity index (χ4v) is 10.3. The van der Waals surface area contributed by atoms with Crippen LogP contribution >= 0.6 is 0 Å². The quantitative estimate of drug-likeness (QED) is 0.222. The molecule has 260 valence electrons. The molecule has 0 radical (unpaired) electrons. The van der Waals surface area contributed by atoms with E-state index in [2.05, 4.69) is 26.1 Å². The summed E-state index contributed by atoms with van der Waals surface area (Å²) in [5.41, 5.74) is 0.480. The smallest absolute Gasteiger partial charge is 0.481 e. The first-order valence-electron chi connectivity index (χ1n) is 17.6. The van der Waals surface area contributed by atoms with E-state index < -0.39 is 41.6 Å². The lowest BCUT2D eigenvalue weighted by Gasteiger charge is -2.62. The molecule has 4 N–H and O–H groups in total. The summed E-state index contributed by atoms with van der Waals surface area (Å²) in [4.78, 5) is 38.7. The van der Waals surface area contributed by atoms with E-state index in [0.29, 0.717) is 50.2 Å². The van der Waals surface area contributed by atoms with Crippen LogP contribution in [0.25, 0.3) is 0 Å². The Morgan fingerprint density at radius 3 is 2.57 bits per heavy atom. The zero-order valence-electron chi connectivity index (χ0n) is 27.8. The van der Waals surface area contributed by atoms with E-state index in [1.54, 1.807) is 12.1 Å². The molecule has 11 heteroatoms. The minimum atomic E-state index is -1.35. The van der Waals surface area contributed by atoms with E-state index in [9.17, 15) is 29.7 Å². The van der Waals surface area contributed by atoms with E-state index >= 15 is 0 Å². The molecule has 2 heterocycles. The van der Waals surface area contributed by atoms with Crippen LogP contribution in [0, 0.1) is 52.8 Å². The average Bonchev–Trinajstić information content (AvgIpc) is 3.49. The lowest BCUT2D eigenvalue weighted by molar-refractivity contribution is -0.218. The molecule has 1 saturated heterocycles. The number of furan rings is 1. The third-order valence-electron chi connectivity index (χ3n) is 12.1. The number of aliphatic hydroxyl groups excluding tert-OH is 1. The van der Waals surface area contributed by atoms with Gasteiger partial charge in [0.2, 0.25) is 0 Å². The van der Waals surface area contributed by atoms with Gasteiger partial charge >= 0.3 is 12.1 Å². The van der Waals surface area contributed by atoms with E-state index in [0.717, 1.165) is 44.1 Å². The molecule has 1 aromatic rings. The summed E-state index contributed by atoms with van der Waals surface area (Å²) in [6, 6.07) is 3.54. The number of carboxylic acid groups (broad SMARTS) is 2. The van der Waals surface area contributed by atoms with Crippen LogP contribution in [0.2, 0.25) is 0 Å². The molecule has 4 aliphatic carbocycles. The number of aliphatic hydroxyl groups is 1. The molecule has 7 unspecified atom stereocenters. The maximum Gasteiger partial charge on any atom is 0.506 e. The second-order valence-electron chi connectivity index (χ2n) is 15.1. The Morgan fingerprint density at radius 2 is 1.89 bits per heavy atom. The molecule has 1 aromatic heterocycles. The predicted molar refractivity (Wildman–Crippen MR) is 169 cm³/mol. The largest absolute Gasteiger partial charge is 0.506 e. The molecule has 11 nitrogen and oxygen atoms in total. The van der Waals surface area contributed by atoms with Crippen LogP contribution in [0.15, 0.2) is 28.2 Å². The van der Waals surface area contributed by atoms with E-state index in [4.69, 9.17) is 18.6 Å². The van der Waals surface area contributed by atoms with Gasteiger partial charge in [0.05, 0.1) is 38.4 Å². The molecule has 6 rings (SSSR count). The molecular formula is C36H51NO10. The van der Waals surface area contributed by atoms with Crippen molar-refractivity contribution in [2.75, 3.05) is 19.8 Å². The summed E-state index contributed by atoms with van der Waals surface area (Å²) in [6.45, 7) is 7.73. The number of carbonyl (C=O) groups is 3. The van der Waals surface area contributed by atoms with Gasteiger partial charge in [0.15, 0.2) is 5.78 Å². The maximum atomic E-state index is 14.0. The summed E-state index contributed by atoms with van der Waals surface area (Å²) in [6.07, 6.45) is 4.51. The highest BCUT2D eigenvalue weighted by Gasteiger charge is 2.64. The average molecular weight is 658 g/mol. The van der Waals surface area contributed by atoms with Gasteiger partial charge < -0.3 is 39.3 Å². The zero-order valence-corrected chi connectivity index (χ0v) is 27.8. The Hall–Kier alpha value is -2.73. The third-order valence-corrected chi connectivity index (χ3v) is 12.1. The SMILES string of the molecule is CCC(CO[C@@H]1C2COC[C@@]3(C[C@H]1OC(=O)O)C1=CC(=O)C4C(CCC(CC(C)C)[C@H]4C(=O)O)C1CCC23)NCc1ccc(CO)o1. The Kier molecular flexibility index (Phi) is 10.2. The number of allylic oxidation sites excluding steroid dienone is 1. The van der Waals surface area contributed by atoms with Crippen molar-refractivity contribution in [2.24, 2.45) is 52.8 Å². The van der Waals surface area contributed by atoms with Crippen LogP contribution in [-0.4, -0.2) is 71.3 Å². The third kappa shape index (κ3) is 6.53. The summed E-state index contributed by atoms with van der Waals surface area (Å²) in [7, 11) is 0. The van der Waals surface area contributed by atoms with Crippen LogP contribution in [0.3, 0.4) is 0 Å². The number of ether oxygens (including phenoxy) is 3. The van der Waals surface area contributed by atoms with Crippen molar-refractivity contribution in [2.45, 2.75) is 97.1 Å². The first-order chi connectivity index (χ1) is 22.6. The minimum absolute atomic E-state index is 0.0102. The van der Waals surface area contributed by atoms with Crippen molar-refractivity contribution in [3.63, 3.8) is 0 Å².